The second-order valence-corrected chi connectivity index (χ2v) is 4.83. The normalized spacial score (nSPS) is 32.8. The van der Waals surface area contributed by atoms with E-state index in [0.717, 1.165) is 0 Å². The number of thiocarbonyl (C=S) groups is 1. The zero-order valence-corrected chi connectivity index (χ0v) is 10.9. The van der Waals surface area contributed by atoms with Crippen LogP contribution in [0, 0.1) is 0 Å². The van der Waals surface area contributed by atoms with Gasteiger partial charge in [0, 0.05) is 0 Å². The van der Waals surface area contributed by atoms with Crippen LogP contribution in [0.2, 0.25) is 0 Å². The van der Waals surface area contributed by atoms with Gasteiger partial charge in [0.05, 0.1) is 12.9 Å². The maximum Gasteiger partial charge on any atom is 0.223 e. The standard InChI is InChI=1S/C10H12N5O4S/c11-10-13-7-4(8(20)14-10)12-2-15(7)9-6(18)5(17)3(1-16)19-9/h2-3,5-6,9,16-18H,1H2,(H2,11,13)/t3-,5?,6?,9-/m1/s1. The molecule has 4 atom stereocenters. The molecule has 2 aliphatic heterocycles. The molecule has 1 aromatic heterocycles. The van der Waals surface area contributed by atoms with Crippen molar-refractivity contribution in [2.45, 2.75) is 24.5 Å². The molecule has 1 radical (unpaired) electrons. The minimum atomic E-state index is -1.23. The number of aliphatic hydroxyl groups is 3. The first-order valence-electron chi connectivity index (χ1n) is 5.82. The first-order valence-corrected chi connectivity index (χ1v) is 6.23. The van der Waals surface area contributed by atoms with Crippen LogP contribution in [-0.4, -0.2) is 60.7 Å². The van der Waals surface area contributed by atoms with Gasteiger partial charge in [-0.1, -0.05) is 12.2 Å². The van der Waals surface area contributed by atoms with Crippen LogP contribution in [0.15, 0.2) is 11.3 Å². The SMILES string of the molecule is NC1=Nc2c(ncn2[C@@H]2O[C@H](CO)C(O)C2O)C(=S)[N]1. The topological polar surface area (TPSA) is 140 Å². The first-order chi connectivity index (χ1) is 9.52. The fraction of sp³-hybridized carbons (Fsp3) is 0.500. The summed E-state index contributed by atoms with van der Waals surface area (Å²) in [6.07, 6.45) is -2.88. The van der Waals surface area contributed by atoms with E-state index < -0.39 is 31.1 Å². The van der Waals surface area contributed by atoms with Crippen LogP contribution in [0.5, 0.6) is 0 Å². The summed E-state index contributed by atoms with van der Waals surface area (Å²) in [7, 11) is 0. The van der Waals surface area contributed by atoms with E-state index in [1.165, 1.54) is 10.9 Å². The van der Waals surface area contributed by atoms with Gasteiger partial charge in [0.2, 0.25) is 5.96 Å². The molecule has 0 aliphatic carbocycles. The number of ether oxygens (including phenoxy) is 1. The Kier molecular flexibility index (Phi) is 3.18. The van der Waals surface area contributed by atoms with Crippen molar-refractivity contribution in [1.82, 2.24) is 14.9 Å². The number of hydrogen-bond donors (Lipinski definition) is 4. The number of fused-ring (bicyclic) bond motifs is 1. The Bertz CT molecular complexity index is 588. The maximum atomic E-state index is 9.99. The summed E-state index contributed by atoms with van der Waals surface area (Å²) in [4.78, 5) is 8.27. The Labute approximate surface area is 118 Å². The summed E-state index contributed by atoms with van der Waals surface area (Å²) in [5.41, 5.74) is 5.90. The lowest BCUT2D eigenvalue weighted by Gasteiger charge is -2.19. The van der Waals surface area contributed by atoms with Gasteiger partial charge in [-0.3, -0.25) is 4.57 Å². The fourth-order valence-corrected chi connectivity index (χ4v) is 2.44. The predicted molar refractivity (Wildman–Crippen MR) is 70.4 cm³/mol. The number of guanidine groups is 1. The molecule has 10 heteroatoms. The molecule has 5 N–H and O–H groups in total. The van der Waals surface area contributed by atoms with Crippen molar-refractivity contribution in [3.63, 3.8) is 0 Å². The van der Waals surface area contributed by atoms with Gasteiger partial charge >= 0.3 is 0 Å². The van der Waals surface area contributed by atoms with Gasteiger partial charge in [0.1, 0.15) is 24.0 Å². The average molecular weight is 298 g/mol. The average Bonchev–Trinajstić information content (AvgIpc) is 2.93. The molecule has 3 heterocycles. The summed E-state index contributed by atoms with van der Waals surface area (Å²) in [5.74, 6) is 0.285. The fourth-order valence-electron chi connectivity index (χ4n) is 2.20. The Morgan fingerprint density at radius 1 is 1.40 bits per heavy atom. The van der Waals surface area contributed by atoms with Crippen LogP contribution in [0.4, 0.5) is 5.82 Å². The summed E-state index contributed by atoms with van der Waals surface area (Å²) >= 11 is 5.03. The molecule has 0 saturated carbocycles. The monoisotopic (exact) mass is 298 g/mol. The molecule has 2 aliphatic rings. The van der Waals surface area contributed by atoms with Gasteiger partial charge in [0.15, 0.2) is 17.0 Å². The third kappa shape index (κ3) is 1.89. The molecule has 9 nitrogen and oxygen atoms in total. The van der Waals surface area contributed by atoms with E-state index in [4.69, 9.17) is 27.8 Å². The largest absolute Gasteiger partial charge is 0.394 e. The van der Waals surface area contributed by atoms with Gasteiger partial charge in [0.25, 0.3) is 0 Å². The third-order valence-electron chi connectivity index (χ3n) is 3.20. The zero-order chi connectivity index (χ0) is 14.4. The van der Waals surface area contributed by atoms with Crippen molar-refractivity contribution in [1.29, 1.82) is 0 Å². The molecule has 0 spiro atoms. The van der Waals surface area contributed by atoms with Crippen molar-refractivity contribution in [2.75, 3.05) is 6.61 Å². The summed E-state index contributed by atoms with van der Waals surface area (Å²) in [6.45, 7) is -0.412. The summed E-state index contributed by atoms with van der Waals surface area (Å²) in [6, 6.07) is 0. The number of imidazole rings is 1. The summed E-state index contributed by atoms with van der Waals surface area (Å²) < 4.78 is 6.81. The van der Waals surface area contributed by atoms with Crippen LogP contribution in [0.1, 0.15) is 11.9 Å². The van der Waals surface area contributed by atoms with E-state index in [9.17, 15) is 10.2 Å². The van der Waals surface area contributed by atoms with Gasteiger partial charge in [-0.25, -0.2) is 4.98 Å². The highest BCUT2D eigenvalue weighted by molar-refractivity contribution is 7.80. The molecular formula is C10H12N5O4S. The van der Waals surface area contributed by atoms with E-state index in [1.807, 2.05) is 0 Å². The second kappa shape index (κ2) is 4.75. The summed E-state index contributed by atoms with van der Waals surface area (Å²) in [5, 5.41) is 32.7. The maximum absolute atomic E-state index is 9.99. The molecule has 0 aromatic carbocycles. The Hall–Kier alpha value is -1.59. The molecule has 20 heavy (non-hydrogen) atoms. The molecule has 1 saturated heterocycles. The van der Waals surface area contributed by atoms with Gasteiger partial charge in [-0.2, -0.15) is 10.3 Å². The molecule has 1 aromatic rings. The molecule has 0 amide bonds. The Morgan fingerprint density at radius 3 is 2.80 bits per heavy atom. The number of aliphatic imine (C=N–C) groups is 1. The van der Waals surface area contributed by atoms with Gasteiger partial charge < -0.3 is 25.8 Å². The third-order valence-corrected chi connectivity index (χ3v) is 3.48. The second-order valence-electron chi connectivity index (χ2n) is 4.44. The van der Waals surface area contributed by atoms with Crippen molar-refractivity contribution in [3.8, 4) is 0 Å². The minimum absolute atomic E-state index is 0.0176. The van der Waals surface area contributed by atoms with Crippen LogP contribution in [0.25, 0.3) is 0 Å². The van der Waals surface area contributed by atoms with E-state index in [0.29, 0.717) is 11.5 Å². The number of aromatic nitrogens is 2. The van der Waals surface area contributed by atoms with E-state index in [-0.39, 0.29) is 10.9 Å². The molecular weight excluding hydrogens is 286 g/mol. The number of nitrogens with two attached hydrogens (primary N) is 1. The Morgan fingerprint density at radius 2 is 2.15 bits per heavy atom. The van der Waals surface area contributed by atoms with Crippen molar-refractivity contribution in [3.05, 3.63) is 12.0 Å². The quantitative estimate of drug-likeness (QED) is 0.451. The van der Waals surface area contributed by atoms with E-state index >= 15 is 0 Å². The molecule has 2 unspecified atom stereocenters. The number of nitrogens with zero attached hydrogens (tertiary/aromatic N) is 4. The number of hydrogen-bond acceptors (Lipinski definition) is 8. The van der Waals surface area contributed by atoms with Crippen molar-refractivity contribution in [2.24, 2.45) is 10.7 Å². The molecule has 0 bridgehead atoms. The van der Waals surface area contributed by atoms with Crippen LogP contribution in [0.3, 0.4) is 0 Å². The highest BCUT2D eigenvalue weighted by Gasteiger charge is 2.44. The van der Waals surface area contributed by atoms with Gasteiger partial charge in [-0.05, 0) is 0 Å². The number of rotatable bonds is 2. The van der Waals surface area contributed by atoms with Crippen molar-refractivity contribution < 1.29 is 20.1 Å². The molecule has 1 fully saturated rings. The van der Waals surface area contributed by atoms with Crippen LogP contribution >= 0.6 is 12.2 Å². The zero-order valence-electron chi connectivity index (χ0n) is 10.1. The lowest BCUT2D eigenvalue weighted by Crippen LogP contribution is -2.34. The van der Waals surface area contributed by atoms with Crippen LogP contribution in [-0.2, 0) is 4.74 Å². The lowest BCUT2D eigenvalue weighted by atomic mass is 10.1. The van der Waals surface area contributed by atoms with Gasteiger partial charge in [-0.15, -0.1) is 0 Å². The van der Waals surface area contributed by atoms with E-state index in [1.54, 1.807) is 0 Å². The Balaban J connectivity index is 2.00. The van der Waals surface area contributed by atoms with E-state index in [2.05, 4.69) is 15.3 Å². The first kappa shape index (κ1) is 13.4. The number of aliphatic hydroxyl groups excluding tert-OH is 3. The predicted octanol–water partition coefficient (Wildman–Crippen LogP) is -2.27. The smallest absolute Gasteiger partial charge is 0.223 e. The molecule has 107 valence electrons. The lowest BCUT2D eigenvalue weighted by molar-refractivity contribution is -0.0519. The molecule has 3 rings (SSSR count). The van der Waals surface area contributed by atoms with Crippen molar-refractivity contribution >= 4 is 29.0 Å². The highest BCUT2D eigenvalue weighted by atomic mass is 32.1. The highest BCUT2D eigenvalue weighted by Crippen LogP contribution is 2.34. The minimum Gasteiger partial charge on any atom is -0.394 e. The van der Waals surface area contributed by atoms with Crippen LogP contribution < -0.4 is 11.1 Å².